The van der Waals surface area contributed by atoms with E-state index in [9.17, 15) is 0 Å². The van der Waals surface area contributed by atoms with Crippen LogP contribution in [0.1, 0.15) is 101 Å². The Morgan fingerprint density at radius 3 is 1.42 bits per heavy atom. The quantitative estimate of drug-likeness (QED) is 0.233. The summed E-state index contributed by atoms with van der Waals surface area (Å²) in [6.45, 7) is 18.8. The van der Waals surface area contributed by atoms with Gasteiger partial charge in [0, 0.05) is 0 Å². The molecule has 1 aromatic heterocycles. The monoisotopic (exact) mass is 643 g/mol. The van der Waals surface area contributed by atoms with Crippen molar-refractivity contribution in [3.63, 3.8) is 0 Å². The molecule has 38 heavy (non-hydrogen) atoms. The molecular weight excluding hydrogens is 604 g/mol. The molecule has 0 spiro atoms. The van der Waals surface area contributed by atoms with Crippen molar-refractivity contribution in [1.82, 2.24) is 12.7 Å². The third-order valence-electron chi connectivity index (χ3n) is 6.98. The molecule has 1 aliphatic rings. The van der Waals surface area contributed by atoms with Crippen LogP contribution < -0.4 is 0 Å². The molecule has 3 nitrogen and oxygen atoms in total. The predicted molar refractivity (Wildman–Crippen MR) is 160 cm³/mol. The van der Waals surface area contributed by atoms with Gasteiger partial charge in [-0.15, -0.1) is 0 Å². The average Bonchev–Trinajstić information content (AvgIpc) is 3.31. The summed E-state index contributed by atoms with van der Waals surface area (Å²) in [6.07, 6.45) is 10.5. The summed E-state index contributed by atoms with van der Waals surface area (Å²) >= 11 is 4.56. The Balaban J connectivity index is 2.18. The molecule has 3 aromatic rings. The Bertz CT molecular complexity index is 1300. The van der Waals surface area contributed by atoms with Crippen LogP contribution in [-0.2, 0) is 15.5 Å². The van der Waals surface area contributed by atoms with Crippen LogP contribution in [0.15, 0.2) is 72.2 Å². The molecule has 0 radical (unpaired) electrons. The van der Waals surface area contributed by atoms with Crippen LogP contribution >= 0.6 is 21.1 Å². The second-order valence-corrected chi connectivity index (χ2v) is 15.4. The number of nitrogens with zero attached hydrogens (tertiary/aromatic N) is 3. The van der Waals surface area contributed by atoms with Crippen LogP contribution in [-0.4, -0.2) is 19.2 Å². The van der Waals surface area contributed by atoms with E-state index in [1.165, 1.54) is 33.6 Å². The molecule has 6 heteroatoms. The van der Waals surface area contributed by atoms with Crippen LogP contribution in [0.5, 0.6) is 0 Å². The number of benzene rings is 2. The average molecular weight is 645 g/mol. The van der Waals surface area contributed by atoms with E-state index in [0.717, 1.165) is 8.92 Å². The molecule has 2 heterocycles. The molecule has 0 saturated carbocycles. The van der Waals surface area contributed by atoms with E-state index in [1.54, 1.807) is 0 Å². The van der Waals surface area contributed by atoms with E-state index in [1.807, 2.05) is 12.2 Å². The number of para-hydroxylation sites is 2. The van der Waals surface area contributed by atoms with Crippen LogP contribution in [0, 0.1) is 3.89 Å². The number of hydrogen-bond acceptors (Lipinski definition) is 1. The van der Waals surface area contributed by atoms with E-state index >= 15 is 0 Å². The summed E-state index contributed by atoms with van der Waals surface area (Å²) in [4.78, 5) is 0. The first-order chi connectivity index (χ1) is 18.0. The number of halogens is 2. The molecule has 0 bridgehead atoms. The van der Waals surface area contributed by atoms with Crippen molar-refractivity contribution >= 4 is 21.1 Å². The van der Waals surface area contributed by atoms with E-state index in [-0.39, 0.29) is 0 Å². The molecule has 0 saturated heterocycles. The van der Waals surface area contributed by atoms with Gasteiger partial charge in [-0.1, -0.05) is 0 Å². The Labute approximate surface area is 243 Å². The maximum atomic E-state index is 7.59. The van der Waals surface area contributed by atoms with E-state index in [2.05, 4.69) is 123 Å². The van der Waals surface area contributed by atoms with Crippen LogP contribution in [0.3, 0.4) is 0 Å². The van der Waals surface area contributed by atoms with Gasteiger partial charge in [0.1, 0.15) is 0 Å². The Kier molecular flexibility index (Phi) is 9.31. The Hall–Kier alpha value is -1.83. The summed E-state index contributed by atoms with van der Waals surface area (Å²) in [7, 11) is 7.59. The summed E-state index contributed by atoms with van der Waals surface area (Å²) in [5.74, 6) is 1.51. The Morgan fingerprint density at radius 2 is 1.08 bits per heavy atom. The topological polar surface area (TPSA) is 13.1 Å². The fourth-order valence-electron chi connectivity index (χ4n) is 5.03. The first-order valence-corrected chi connectivity index (χ1v) is 17.3. The van der Waals surface area contributed by atoms with Gasteiger partial charge < -0.3 is 0 Å². The summed E-state index contributed by atoms with van der Waals surface area (Å²) in [5, 5.41) is 0.806. The number of aromatic nitrogens is 2. The predicted octanol–water partition coefficient (Wildman–Crippen LogP) is 9.93. The standard InChI is InChI=1S/C27H36N2.C5H5ClN.ClH.Pd/c1-18(2)22-11-9-12-23(19(3)4)26(22)28-15-16-29(17-28)27-24(20(5)6)13-10-14-25(27)21(7)8;6-5-2-1-3-7-4-5;;/h9-16,18-21H,1-8H3;1-3H,4H2;1H;/q;-1;;+2/p-1. The minimum absolute atomic E-state index is 0.376. The number of hydrogen-bond donors (Lipinski definition) is 0. The van der Waals surface area contributed by atoms with E-state index in [4.69, 9.17) is 21.1 Å². The van der Waals surface area contributed by atoms with E-state index < -0.39 is 15.5 Å². The first kappa shape index (κ1) is 29.2. The van der Waals surface area contributed by atoms with Gasteiger partial charge in [0.15, 0.2) is 0 Å². The van der Waals surface area contributed by atoms with Crippen LogP contribution in [0.25, 0.3) is 11.4 Å². The number of rotatable bonds is 7. The zero-order valence-corrected chi connectivity index (χ0v) is 26.8. The first-order valence-electron chi connectivity index (χ1n) is 13.5. The van der Waals surface area contributed by atoms with Gasteiger partial charge in [0.2, 0.25) is 0 Å². The maximum absolute atomic E-state index is 7.59. The molecule has 0 aliphatic carbocycles. The molecule has 0 unspecified atom stereocenters. The van der Waals surface area contributed by atoms with Gasteiger partial charge in [0.05, 0.1) is 0 Å². The van der Waals surface area contributed by atoms with Crippen LogP contribution in [0.4, 0.5) is 0 Å². The van der Waals surface area contributed by atoms with Gasteiger partial charge in [-0.2, -0.15) is 0 Å². The molecule has 0 amide bonds. The summed E-state index contributed by atoms with van der Waals surface area (Å²) in [5.41, 5.74) is 7.86. The third kappa shape index (κ3) is 5.71. The fourth-order valence-corrected chi connectivity index (χ4v) is 8.90. The van der Waals surface area contributed by atoms with Gasteiger partial charge in [-0.3, -0.25) is 0 Å². The van der Waals surface area contributed by atoms with Crippen molar-refractivity contribution in [2.75, 3.05) is 6.54 Å². The summed E-state index contributed by atoms with van der Waals surface area (Å²) < 4.78 is 8.14. The SMILES string of the molecule is CC(C)c1cccc(C(C)C)c1-n1ccn(-c2c(C(C)C)cccc2C(C)C)[c]1=[Pd]([Cl])[N]1C=CC=C(Cl)C1. The number of imidazole rings is 1. The normalized spacial score (nSPS) is 14.3. The third-order valence-corrected chi connectivity index (χ3v) is 11.3. The van der Waals surface area contributed by atoms with Gasteiger partial charge in [-0.05, 0) is 0 Å². The molecule has 4 rings (SSSR count). The van der Waals surface area contributed by atoms with Crippen molar-refractivity contribution in [3.8, 4) is 11.4 Å². The molecule has 2 aromatic carbocycles. The van der Waals surface area contributed by atoms with Crippen LogP contribution in [0.2, 0.25) is 0 Å². The van der Waals surface area contributed by atoms with Gasteiger partial charge in [0.25, 0.3) is 0 Å². The summed E-state index contributed by atoms with van der Waals surface area (Å²) in [6, 6.07) is 13.5. The fraction of sp³-hybridized carbons (Fsp3) is 0.406. The van der Waals surface area contributed by atoms with Crippen molar-refractivity contribution < 1.29 is 15.5 Å². The molecule has 208 valence electrons. The van der Waals surface area contributed by atoms with Crippen molar-refractivity contribution in [3.05, 3.63) is 98.3 Å². The van der Waals surface area contributed by atoms with E-state index in [0.29, 0.717) is 30.2 Å². The molecule has 1 aliphatic heterocycles. The minimum atomic E-state index is -1.95. The molecule has 0 N–H and O–H groups in total. The second kappa shape index (κ2) is 12.1. The second-order valence-electron chi connectivity index (χ2n) is 11.1. The van der Waals surface area contributed by atoms with Gasteiger partial charge in [-0.25, -0.2) is 0 Å². The zero-order chi connectivity index (χ0) is 27.7. The molecular formula is C32H41Cl2N3Pd. The van der Waals surface area contributed by atoms with Crippen molar-refractivity contribution in [2.24, 2.45) is 0 Å². The Morgan fingerprint density at radius 1 is 0.684 bits per heavy atom. The molecule has 0 atom stereocenters. The zero-order valence-electron chi connectivity index (χ0n) is 23.8. The van der Waals surface area contributed by atoms with Crippen molar-refractivity contribution in [1.29, 1.82) is 0 Å². The number of allylic oxidation sites excluding steroid dienone is 2. The van der Waals surface area contributed by atoms with Gasteiger partial charge >= 0.3 is 245 Å². The van der Waals surface area contributed by atoms with Crippen molar-refractivity contribution in [2.45, 2.75) is 79.1 Å². The molecule has 0 fully saturated rings.